The molecule has 2 aromatic carbocycles. The van der Waals surface area contributed by atoms with Crippen LogP contribution in [0.4, 0.5) is 0 Å². The van der Waals surface area contributed by atoms with Crippen molar-refractivity contribution in [2.75, 3.05) is 26.9 Å². The number of rotatable bonds is 8. The number of hydrogen-bond acceptors (Lipinski definition) is 5. The smallest absolute Gasteiger partial charge is 0.286 e. The van der Waals surface area contributed by atoms with E-state index in [0.29, 0.717) is 35.3 Å². The Kier molecular flexibility index (Phi) is 7.08. The molecule has 3 rings (SSSR count). The van der Waals surface area contributed by atoms with E-state index in [4.69, 9.17) is 25.8 Å². The Morgan fingerprint density at radius 1 is 1.18 bits per heavy atom. The second-order valence-corrected chi connectivity index (χ2v) is 7.26. The lowest BCUT2D eigenvalue weighted by molar-refractivity contribution is -0.120. The van der Waals surface area contributed by atoms with Gasteiger partial charge in [0.25, 0.3) is 5.91 Å². The van der Waals surface area contributed by atoms with Crippen LogP contribution in [0.2, 0.25) is 5.02 Å². The van der Waals surface area contributed by atoms with Gasteiger partial charge in [0.15, 0.2) is 11.4 Å². The SMILES string of the molecule is CCOc1cccc2sc(=NC(=O)COc3ccc(Cl)cc3)n(CCOC)c12. The molecule has 1 amide bonds. The van der Waals surface area contributed by atoms with Crippen molar-refractivity contribution >= 4 is 39.1 Å². The van der Waals surface area contributed by atoms with Crippen molar-refractivity contribution in [1.82, 2.24) is 4.57 Å². The van der Waals surface area contributed by atoms with Gasteiger partial charge in [-0.15, -0.1) is 0 Å². The highest BCUT2D eigenvalue weighted by molar-refractivity contribution is 7.16. The maximum absolute atomic E-state index is 12.4. The molecule has 0 saturated carbocycles. The number of ether oxygens (including phenoxy) is 3. The second-order valence-electron chi connectivity index (χ2n) is 5.81. The third kappa shape index (κ3) is 4.92. The van der Waals surface area contributed by atoms with E-state index in [1.165, 1.54) is 11.3 Å². The Balaban J connectivity index is 1.90. The zero-order chi connectivity index (χ0) is 19.9. The summed E-state index contributed by atoms with van der Waals surface area (Å²) in [4.78, 5) is 17.2. The summed E-state index contributed by atoms with van der Waals surface area (Å²) >= 11 is 7.28. The van der Waals surface area contributed by atoms with Gasteiger partial charge in [-0.3, -0.25) is 4.79 Å². The molecule has 3 aromatic rings. The highest BCUT2D eigenvalue weighted by atomic mass is 35.5. The molecule has 148 valence electrons. The van der Waals surface area contributed by atoms with Crippen molar-refractivity contribution in [2.24, 2.45) is 4.99 Å². The van der Waals surface area contributed by atoms with Crippen molar-refractivity contribution in [2.45, 2.75) is 13.5 Å². The van der Waals surface area contributed by atoms with Crippen molar-refractivity contribution in [3.05, 3.63) is 52.3 Å². The minimum Gasteiger partial charge on any atom is -0.492 e. The van der Waals surface area contributed by atoms with Gasteiger partial charge >= 0.3 is 0 Å². The van der Waals surface area contributed by atoms with Crippen LogP contribution >= 0.6 is 22.9 Å². The lowest BCUT2D eigenvalue weighted by atomic mass is 10.3. The molecule has 0 fully saturated rings. The topological polar surface area (TPSA) is 62.0 Å². The summed E-state index contributed by atoms with van der Waals surface area (Å²) in [7, 11) is 1.64. The molecular formula is C20H21ClN2O4S. The van der Waals surface area contributed by atoms with Crippen molar-refractivity contribution < 1.29 is 19.0 Å². The van der Waals surface area contributed by atoms with Crippen LogP contribution in [-0.2, 0) is 16.1 Å². The number of carbonyl (C=O) groups is 1. The van der Waals surface area contributed by atoms with Gasteiger partial charge in [-0.2, -0.15) is 4.99 Å². The van der Waals surface area contributed by atoms with Crippen LogP contribution in [0.25, 0.3) is 10.2 Å². The van der Waals surface area contributed by atoms with Crippen LogP contribution in [0.15, 0.2) is 47.5 Å². The lowest BCUT2D eigenvalue weighted by Gasteiger charge is -2.09. The van der Waals surface area contributed by atoms with Crippen LogP contribution in [0, 0.1) is 0 Å². The Morgan fingerprint density at radius 2 is 1.96 bits per heavy atom. The number of hydrogen-bond donors (Lipinski definition) is 0. The molecule has 0 N–H and O–H groups in total. The number of carbonyl (C=O) groups excluding carboxylic acids is 1. The summed E-state index contributed by atoms with van der Waals surface area (Å²) in [6.07, 6.45) is 0. The minimum absolute atomic E-state index is 0.154. The molecule has 0 unspecified atom stereocenters. The third-order valence-electron chi connectivity index (χ3n) is 3.88. The molecule has 0 spiro atoms. The Morgan fingerprint density at radius 3 is 2.68 bits per heavy atom. The molecule has 28 heavy (non-hydrogen) atoms. The summed E-state index contributed by atoms with van der Waals surface area (Å²) in [5.41, 5.74) is 0.913. The molecule has 0 atom stereocenters. The third-order valence-corrected chi connectivity index (χ3v) is 5.17. The highest BCUT2D eigenvalue weighted by Crippen LogP contribution is 2.27. The molecule has 0 radical (unpaired) electrons. The molecule has 6 nitrogen and oxygen atoms in total. The molecule has 1 aromatic heterocycles. The Hall–Kier alpha value is -2.35. The molecule has 8 heteroatoms. The van der Waals surface area contributed by atoms with Gasteiger partial charge in [0.05, 0.1) is 17.9 Å². The van der Waals surface area contributed by atoms with Gasteiger partial charge in [0.1, 0.15) is 17.0 Å². The Bertz CT molecular complexity index is 1010. The van der Waals surface area contributed by atoms with Crippen LogP contribution < -0.4 is 14.3 Å². The predicted molar refractivity (Wildman–Crippen MR) is 110 cm³/mol. The van der Waals surface area contributed by atoms with Crippen molar-refractivity contribution in [3.63, 3.8) is 0 Å². The van der Waals surface area contributed by atoms with Crippen LogP contribution in [-0.4, -0.2) is 37.4 Å². The molecular weight excluding hydrogens is 400 g/mol. The van der Waals surface area contributed by atoms with E-state index < -0.39 is 0 Å². The fraction of sp³-hybridized carbons (Fsp3) is 0.300. The van der Waals surface area contributed by atoms with Crippen molar-refractivity contribution in [1.29, 1.82) is 0 Å². The van der Waals surface area contributed by atoms with Gasteiger partial charge in [0.2, 0.25) is 0 Å². The fourth-order valence-electron chi connectivity index (χ4n) is 2.66. The molecule has 0 bridgehead atoms. The largest absolute Gasteiger partial charge is 0.492 e. The van der Waals surface area contributed by atoms with Gasteiger partial charge in [-0.05, 0) is 43.3 Å². The summed E-state index contributed by atoms with van der Waals surface area (Å²) in [6, 6.07) is 12.7. The number of nitrogens with zero attached hydrogens (tertiary/aromatic N) is 2. The fourth-order valence-corrected chi connectivity index (χ4v) is 3.88. The first kappa shape index (κ1) is 20.4. The van der Waals surface area contributed by atoms with E-state index >= 15 is 0 Å². The van der Waals surface area contributed by atoms with Crippen molar-refractivity contribution in [3.8, 4) is 11.5 Å². The van der Waals surface area contributed by atoms with Gasteiger partial charge < -0.3 is 18.8 Å². The molecule has 1 heterocycles. The van der Waals surface area contributed by atoms with E-state index in [1.807, 2.05) is 29.7 Å². The number of aromatic nitrogens is 1. The maximum Gasteiger partial charge on any atom is 0.286 e. The molecule has 0 aliphatic heterocycles. The zero-order valence-electron chi connectivity index (χ0n) is 15.7. The number of amides is 1. The summed E-state index contributed by atoms with van der Waals surface area (Å²) < 4.78 is 19.4. The number of halogens is 1. The van der Waals surface area contributed by atoms with E-state index in [-0.39, 0.29) is 12.5 Å². The average Bonchev–Trinajstić information content (AvgIpc) is 3.04. The summed E-state index contributed by atoms with van der Waals surface area (Å²) in [5.74, 6) is 0.958. The maximum atomic E-state index is 12.4. The second kappa shape index (κ2) is 9.73. The standard InChI is InChI=1S/C20H21ClN2O4S/c1-3-26-16-5-4-6-17-19(16)23(11-12-25-2)20(28-17)22-18(24)13-27-15-9-7-14(21)8-10-15/h4-10H,3,11-13H2,1-2H3. The van der Waals surface area contributed by atoms with E-state index in [9.17, 15) is 4.79 Å². The van der Waals surface area contributed by atoms with Gasteiger partial charge in [0, 0.05) is 18.7 Å². The van der Waals surface area contributed by atoms with Crippen LogP contribution in [0.5, 0.6) is 11.5 Å². The first-order chi connectivity index (χ1) is 13.6. The zero-order valence-corrected chi connectivity index (χ0v) is 17.3. The van der Waals surface area contributed by atoms with Gasteiger partial charge in [-0.1, -0.05) is 29.0 Å². The highest BCUT2D eigenvalue weighted by Gasteiger charge is 2.13. The predicted octanol–water partition coefficient (Wildman–Crippen LogP) is 3.91. The molecule has 0 aliphatic carbocycles. The van der Waals surface area contributed by atoms with Gasteiger partial charge in [-0.25, -0.2) is 0 Å². The lowest BCUT2D eigenvalue weighted by Crippen LogP contribution is -2.21. The molecule has 0 aliphatic rings. The average molecular weight is 421 g/mol. The van der Waals surface area contributed by atoms with Crippen LogP contribution in [0.3, 0.4) is 0 Å². The quantitative estimate of drug-likeness (QED) is 0.554. The number of methoxy groups -OCH3 is 1. The van der Waals surface area contributed by atoms with E-state index in [2.05, 4.69) is 4.99 Å². The number of thiazole rings is 1. The number of fused-ring (bicyclic) bond motifs is 1. The minimum atomic E-state index is -0.370. The number of benzene rings is 2. The first-order valence-corrected chi connectivity index (χ1v) is 10.0. The normalized spacial score (nSPS) is 11.8. The summed E-state index contributed by atoms with van der Waals surface area (Å²) in [6.45, 7) is 3.39. The first-order valence-electron chi connectivity index (χ1n) is 8.82. The van der Waals surface area contributed by atoms with E-state index in [0.717, 1.165) is 16.0 Å². The van der Waals surface area contributed by atoms with E-state index in [1.54, 1.807) is 31.4 Å². The van der Waals surface area contributed by atoms with Crippen LogP contribution in [0.1, 0.15) is 6.92 Å². The Labute approximate surface area is 171 Å². The molecule has 0 saturated heterocycles. The monoisotopic (exact) mass is 420 g/mol. The summed E-state index contributed by atoms with van der Waals surface area (Å²) in [5, 5.41) is 0.609. The number of para-hydroxylation sites is 1.